The summed E-state index contributed by atoms with van der Waals surface area (Å²) in [6, 6.07) is -0.671. The van der Waals surface area contributed by atoms with E-state index in [-0.39, 0.29) is 12.5 Å². The van der Waals surface area contributed by atoms with Gasteiger partial charge in [0.15, 0.2) is 0 Å². The van der Waals surface area contributed by atoms with E-state index in [4.69, 9.17) is 10.8 Å². The third-order valence-electron chi connectivity index (χ3n) is 2.89. The Bertz CT molecular complexity index is 409. The fourth-order valence-electron chi connectivity index (χ4n) is 1.89. The lowest BCUT2D eigenvalue weighted by molar-refractivity contribution is -0.138. The summed E-state index contributed by atoms with van der Waals surface area (Å²) in [6.45, 7) is -0.417. The summed E-state index contributed by atoms with van der Waals surface area (Å²) >= 11 is 0. The highest BCUT2D eigenvalue weighted by Gasteiger charge is 2.28. The molecule has 1 aliphatic heterocycles. The molecule has 1 heterocycles. The van der Waals surface area contributed by atoms with Crippen LogP contribution in [0.3, 0.4) is 0 Å². The number of amides is 4. The number of rotatable bonds is 4. The van der Waals surface area contributed by atoms with E-state index in [0.29, 0.717) is 19.5 Å². The van der Waals surface area contributed by atoms with E-state index in [0.717, 1.165) is 4.90 Å². The van der Waals surface area contributed by atoms with Crippen molar-refractivity contribution in [3.63, 3.8) is 0 Å². The fraction of sp³-hybridized carbons (Fsp3) is 0.636. The molecule has 20 heavy (non-hydrogen) atoms. The normalized spacial score (nSPS) is 15.8. The summed E-state index contributed by atoms with van der Waals surface area (Å²) in [7, 11) is 1.63. The first-order chi connectivity index (χ1) is 9.31. The number of carboxylic acids is 1. The molecule has 0 spiro atoms. The summed E-state index contributed by atoms with van der Waals surface area (Å²) in [5.74, 6) is -2.29. The number of likely N-dealkylation sites (N-methyl/N-ethyl adjacent to an activating group) is 1. The molecule has 112 valence electrons. The molecule has 3 N–H and O–H groups in total. The van der Waals surface area contributed by atoms with Gasteiger partial charge >= 0.3 is 12.0 Å². The maximum atomic E-state index is 12.2. The number of carbonyl (C=O) groups excluding carboxylic acids is 3. The molecule has 0 aromatic heterocycles. The maximum absolute atomic E-state index is 12.2. The summed E-state index contributed by atoms with van der Waals surface area (Å²) < 4.78 is 0. The second kappa shape index (κ2) is 6.73. The maximum Gasteiger partial charge on any atom is 0.323 e. The van der Waals surface area contributed by atoms with Gasteiger partial charge in [-0.25, -0.2) is 4.79 Å². The van der Waals surface area contributed by atoms with Gasteiger partial charge < -0.3 is 25.5 Å². The molecule has 0 bridgehead atoms. The Morgan fingerprint density at radius 3 is 2.50 bits per heavy atom. The molecular formula is C11H18N4O5. The minimum Gasteiger partial charge on any atom is -0.480 e. The summed E-state index contributed by atoms with van der Waals surface area (Å²) in [5, 5.41) is 8.75. The molecular weight excluding hydrogens is 268 g/mol. The molecule has 9 nitrogen and oxygen atoms in total. The van der Waals surface area contributed by atoms with Crippen molar-refractivity contribution >= 4 is 23.8 Å². The third-order valence-corrected chi connectivity index (χ3v) is 2.89. The average Bonchev–Trinajstić information content (AvgIpc) is 2.49. The standard InChI is InChI=1S/C11H18N4O5/c1-13-3-2-4-14(6-9(13)17)11(20)15(5-8(12)16)7-10(18)19/h2-7H2,1H3,(H2,12,16)(H,18,19). The SMILES string of the molecule is CN1CCCN(C(=O)N(CC(N)=O)CC(=O)O)CC1=O. The van der Waals surface area contributed by atoms with Crippen LogP contribution in [0, 0.1) is 0 Å². The van der Waals surface area contributed by atoms with Gasteiger partial charge in [-0.2, -0.15) is 0 Å². The number of nitrogens with two attached hydrogens (primary N) is 1. The first-order valence-electron chi connectivity index (χ1n) is 6.09. The first kappa shape index (κ1) is 15.7. The van der Waals surface area contributed by atoms with Gasteiger partial charge in [-0.05, 0) is 6.42 Å². The Hall–Kier alpha value is -2.32. The minimum absolute atomic E-state index is 0.135. The van der Waals surface area contributed by atoms with Crippen LogP contribution in [-0.4, -0.2) is 83.4 Å². The zero-order valence-electron chi connectivity index (χ0n) is 11.2. The van der Waals surface area contributed by atoms with Crippen LogP contribution in [0.2, 0.25) is 0 Å². The number of urea groups is 1. The Labute approximate surface area is 115 Å². The van der Waals surface area contributed by atoms with Gasteiger partial charge in [-0.3, -0.25) is 14.4 Å². The van der Waals surface area contributed by atoms with Crippen LogP contribution in [-0.2, 0) is 14.4 Å². The molecule has 0 unspecified atom stereocenters. The monoisotopic (exact) mass is 286 g/mol. The minimum atomic E-state index is -1.25. The highest BCUT2D eigenvalue weighted by Crippen LogP contribution is 2.06. The largest absolute Gasteiger partial charge is 0.480 e. The molecule has 9 heteroatoms. The lowest BCUT2D eigenvalue weighted by atomic mass is 10.4. The van der Waals surface area contributed by atoms with Crippen LogP contribution in [0.1, 0.15) is 6.42 Å². The average molecular weight is 286 g/mol. The number of hydrogen-bond acceptors (Lipinski definition) is 4. The van der Waals surface area contributed by atoms with Crippen molar-refractivity contribution in [3.8, 4) is 0 Å². The van der Waals surface area contributed by atoms with Gasteiger partial charge in [0.2, 0.25) is 11.8 Å². The van der Waals surface area contributed by atoms with Crippen molar-refractivity contribution in [1.82, 2.24) is 14.7 Å². The topological polar surface area (TPSA) is 124 Å². The zero-order chi connectivity index (χ0) is 15.3. The van der Waals surface area contributed by atoms with Crippen molar-refractivity contribution < 1.29 is 24.3 Å². The quantitative estimate of drug-likeness (QED) is 0.627. The number of nitrogens with zero attached hydrogens (tertiary/aromatic N) is 3. The molecule has 1 aliphatic rings. The predicted molar refractivity (Wildman–Crippen MR) is 67.6 cm³/mol. The highest BCUT2D eigenvalue weighted by atomic mass is 16.4. The molecule has 1 fully saturated rings. The van der Waals surface area contributed by atoms with Crippen molar-refractivity contribution in [2.75, 3.05) is 39.8 Å². The highest BCUT2D eigenvalue weighted by molar-refractivity contribution is 5.88. The van der Waals surface area contributed by atoms with Crippen LogP contribution >= 0.6 is 0 Å². The van der Waals surface area contributed by atoms with E-state index in [2.05, 4.69) is 0 Å². The van der Waals surface area contributed by atoms with Crippen LogP contribution in [0.15, 0.2) is 0 Å². The first-order valence-corrected chi connectivity index (χ1v) is 6.09. The van der Waals surface area contributed by atoms with Gasteiger partial charge in [0.25, 0.3) is 0 Å². The summed E-state index contributed by atoms with van der Waals surface area (Å²) in [4.78, 5) is 49.1. The van der Waals surface area contributed by atoms with Crippen molar-refractivity contribution in [2.45, 2.75) is 6.42 Å². The Kier molecular flexibility index (Phi) is 5.30. The lowest BCUT2D eigenvalue weighted by Gasteiger charge is -2.27. The molecule has 1 saturated heterocycles. The van der Waals surface area contributed by atoms with Crippen molar-refractivity contribution in [2.24, 2.45) is 5.73 Å². The number of carboxylic acid groups (broad SMARTS) is 1. The van der Waals surface area contributed by atoms with Crippen LogP contribution in [0.4, 0.5) is 4.79 Å². The molecule has 0 aromatic carbocycles. The van der Waals surface area contributed by atoms with Crippen LogP contribution < -0.4 is 5.73 Å². The van der Waals surface area contributed by atoms with E-state index in [1.807, 2.05) is 0 Å². The van der Waals surface area contributed by atoms with E-state index in [9.17, 15) is 19.2 Å². The fourth-order valence-corrected chi connectivity index (χ4v) is 1.89. The molecule has 0 aromatic rings. The predicted octanol–water partition coefficient (Wildman–Crippen LogP) is -1.86. The molecule has 4 amide bonds. The van der Waals surface area contributed by atoms with Gasteiger partial charge in [-0.1, -0.05) is 0 Å². The van der Waals surface area contributed by atoms with Gasteiger partial charge in [0.05, 0.1) is 0 Å². The second-order valence-electron chi connectivity index (χ2n) is 4.59. The Balaban J connectivity index is 2.79. The summed E-state index contributed by atoms with van der Waals surface area (Å²) in [5.41, 5.74) is 5.00. The van der Waals surface area contributed by atoms with Crippen LogP contribution in [0.5, 0.6) is 0 Å². The van der Waals surface area contributed by atoms with Gasteiger partial charge in [-0.15, -0.1) is 0 Å². The number of primary amides is 1. The zero-order valence-corrected chi connectivity index (χ0v) is 11.2. The van der Waals surface area contributed by atoms with Gasteiger partial charge in [0, 0.05) is 20.1 Å². The third kappa shape index (κ3) is 4.41. The van der Waals surface area contributed by atoms with Crippen molar-refractivity contribution in [3.05, 3.63) is 0 Å². The molecule has 0 aliphatic carbocycles. The number of hydrogen-bond donors (Lipinski definition) is 2. The summed E-state index contributed by atoms with van der Waals surface area (Å²) in [6.07, 6.45) is 0.589. The van der Waals surface area contributed by atoms with Gasteiger partial charge in [0.1, 0.15) is 19.6 Å². The van der Waals surface area contributed by atoms with Crippen molar-refractivity contribution in [1.29, 1.82) is 0 Å². The van der Waals surface area contributed by atoms with E-state index < -0.39 is 31.0 Å². The second-order valence-corrected chi connectivity index (χ2v) is 4.59. The van der Waals surface area contributed by atoms with E-state index in [1.54, 1.807) is 7.05 Å². The lowest BCUT2D eigenvalue weighted by Crippen LogP contribution is -2.50. The Morgan fingerprint density at radius 2 is 1.95 bits per heavy atom. The number of aliphatic carboxylic acids is 1. The smallest absolute Gasteiger partial charge is 0.323 e. The molecule has 0 saturated carbocycles. The molecule has 0 radical (unpaired) electrons. The number of carbonyl (C=O) groups is 4. The molecule has 1 rings (SSSR count). The van der Waals surface area contributed by atoms with E-state index in [1.165, 1.54) is 9.80 Å². The van der Waals surface area contributed by atoms with Crippen LogP contribution in [0.25, 0.3) is 0 Å². The molecule has 0 atom stereocenters. The Morgan fingerprint density at radius 1 is 1.30 bits per heavy atom. The van der Waals surface area contributed by atoms with E-state index >= 15 is 0 Å².